The average molecular weight is 409 g/mol. The van der Waals surface area contributed by atoms with E-state index in [1.807, 2.05) is 36.4 Å². The van der Waals surface area contributed by atoms with Crippen LogP contribution >= 0.6 is 39.3 Å². The van der Waals surface area contributed by atoms with Crippen molar-refractivity contribution in [3.05, 3.63) is 69.9 Å². The largest absolute Gasteiger partial charge is 0.506 e. The number of hydrogen-bond donors (Lipinski definition) is 1. The predicted molar refractivity (Wildman–Crippen MR) is 97.3 cm³/mol. The molecule has 0 aliphatic carbocycles. The molecular weight excluding hydrogens is 398 g/mol. The molecule has 0 fully saturated rings. The number of phenolic OH excluding ortho intramolecular Hbond substituents is 1. The molecule has 3 nitrogen and oxygen atoms in total. The van der Waals surface area contributed by atoms with Crippen LogP contribution < -0.4 is 0 Å². The fraction of sp³-hybridized carbons (Fsp3) is 0. The lowest BCUT2D eigenvalue weighted by atomic mass is 10.3. The highest BCUT2D eigenvalue weighted by Crippen LogP contribution is 2.36. The normalized spacial score (nSPS) is 11.2. The van der Waals surface area contributed by atoms with E-state index in [0.717, 1.165) is 14.5 Å². The quantitative estimate of drug-likeness (QED) is 0.515. The van der Waals surface area contributed by atoms with Crippen LogP contribution in [0.2, 0.25) is 5.02 Å². The lowest BCUT2D eigenvalue weighted by Gasteiger charge is -1.98. The molecule has 3 rings (SSSR count). The Kier molecular flexibility index (Phi) is 5.10. The van der Waals surface area contributed by atoms with Gasteiger partial charge in [0.25, 0.3) is 0 Å². The maximum absolute atomic E-state index is 9.70. The van der Waals surface area contributed by atoms with Crippen molar-refractivity contribution in [2.45, 2.75) is 9.99 Å². The molecule has 1 aromatic heterocycles. The number of hydrogen-bond acceptors (Lipinski definition) is 4. The Morgan fingerprint density at radius 3 is 2.61 bits per heavy atom. The maximum Gasteiger partial charge on any atom is 0.179 e. The van der Waals surface area contributed by atoms with Crippen molar-refractivity contribution in [3.8, 4) is 5.75 Å². The summed E-state index contributed by atoms with van der Waals surface area (Å²) < 4.78 is 6.61. The Bertz CT molecular complexity index is 846. The molecule has 0 saturated carbocycles. The molecule has 0 unspecified atom stereocenters. The van der Waals surface area contributed by atoms with Crippen molar-refractivity contribution in [3.63, 3.8) is 0 Å². The van der Waals surface area contributed by atoms with Crippen molar-refractivity contribution in [1.29, 1.82) is 0 Å². The highest BCUT2D eigenvalue weighted by atomic mass is 79.9. The fourth-order valence-corrected chi connectivity index (χ4v) is 3.27. The summed E-state index contributed by atoms with van der Waals surface area (Å²) in [6.45, 7) is 0. The molecule has 1 heterocycles. The van der Waals surface area contributed by atoms with Gasteiger partial charge in [-0.2, -0.15) is 0 Å². The molecule has 3 aromatic rings. The van der Waals surface area contributed by atoms with Gasteiger partial charge in [0.05, 0.1) is 10.7 Å². The van der Waals surface area contributed by atoms with Crippen molar-refractivity contribution in [1.82, 2.24) is 0 Å². The Hall–Kier alpha value is -1.69. The van der Waals surface area contributed by atoms with Gasteiger partial charge >= 0.3 is 0 Å². The Morgan fingerprint density at radius 2 is 1.87 bits per heavy atom. The number of phenols is 1. The first-order valence-electron chi connectivity index (χ1n) is 6.66. The van der Waals surface area contributed by atoms with Crippen molar-refractivity contribution >= 4 is 51.2 Å². The van der Waals surface area contributed by atoms with Gasteiger partial charge in [0.1, 0.15) is 17.2 Å². The van der Waals surface area contributed by atoms with Crippen LogP contribution in [-0.2, 0) is 0 Å². The minimum absolute atomic E-state index is 0.130. The number of benzene rings is 2. The van der Waals surface area contributed by atoms with Gasteiger partial charge in [-0.15, -0.1) is 0 Å². The molecule has 1 N–H and O–H groups in total. The summed E-state index contributed by atoms with van der Waals surface area (Å²) in [4.78, 5) is 5.25. The van der Waals surface area contributed by atoms with E-state index in [-0.39, 0.29) is 5.75 Å². The molecule has 0 radical (unpaired) electrons. The number of para-hydroxylation sites is 2. The highest BCUT2D eigenvalue weighted by molar-refractivity contribution is 9.10. The minimum atomic E-state index is 0.130. The number of nitrogens with zero attached hydrogens (tertiary/aromatic N) is 1. The highest BCUT2D eigenvalue weighted by Gasteiger charge is 2.10. The summed E-state index contributed by atoms with van der Waals surface area (Å²) in [6, 6.07) is 16.2. The van der Waals surface area contributed by atoms with Gasteiger partial charge in [-0.05, 0) is 52.3 Å². The van der Waals surface area contributed by atoms with E-state index in [4.69, 9.17) is 16.0 Å². The van der Waals surface area contributed by atoms with Gasteiger partial charge in [0.2, 0.25) is 0 Å². The van der Waals surface area contributed by atoms with Gasteiger partial charge < -0.3 is 9.52 Å². The zero-order valence-electron chi connectivity index (χ0n) is 11.7. The molecular formula is C17H11BrClNO2S. The average Bonchev–Trinajstić information content (AvgIpc) is 2.89. The maximum atomic E-state index is 9.70. The smallest absolute Gasteiger partial charge is 0.179 e. The standard InChI is InChI=1S/C17H11BrClNO2S/c18-14-9-12(10-20-15-3-1-2-4-16(15)21)22-17(14)23-13-7-5-11(19)6-8-13/h1-10,21H. The second-order valence-corrected chi connectivity index (χ2v) is 6.92. The molecule has 0 bridgehead atoms. The van der Waals surface area contributed by atoms with Crippen molar-refractivity contribution < 1.29 is 9.52 Å². The van der Waals surface area contributed by atoms with Crippen molar-refractivity contribution in [2.75, 3.05) is 0 Å². The van der Waals surface area contributed by atoms with E-state index in [9.17, 15) is 5.11 Å². The van der Waals surface area contributed by atoms with E-state index in [2.05, 4.69) is 20.9 Å². The number of rotatable bonds is 4. The predicted octanol–water partition coefficient (Wildman–Crippen LogP) is 6.30. The van der Waals surface area contributed by atoms with Crippen LogP contribution in [0.3, 0.4) is 0 Å². The number of halogens is 2. The Balaban J connectivity index is 1.78. The third kappa shape index (κ3) is 4.19. The summed E-state index contributed by atoms with van der Waals surface area (Å²) in [5.74, 6) is 0.724. The molecule has 0 saturated heterocycles. The Labute approximate surface area is 151 Å². The molecule has 0 spiro atoms. The first-order valence-corrected chi connectivity index (χ1v) is 8.65. The van der Waals surface area contributed by atoms with Gasteiger partial charge in [-0.1, -0.05) is 35.5 Å². The molecule has 2 aromatic carbocycles. The van der Waals surface area contributed by atoms with E-state index < -0.39 is 0 Å². The summed E-state index contributed by atoms with van der Waals surface area (Å²) in [5.41, 5.74) is 0.493. The van der Waals surface area contributed by atoms with E-state index in [0.29, 0.717) is 16.5 Å². The van der Waals surface area contributed by atoms with Gasteiger partial charge in [0, 0.05) is 16.0 Å². The lowest BCUT2D eigenvalue weighted by molar-refractivity contribution is 0.466. The third-order valence-electron chi connectivity index (χ3n) is 2.91. The molecule has 0 aliphatic heterocycles. The van der Waals surface area contributed by atoms with E-state index >= 15 is 0 Å². The SMILES string of the molecule is Oc1ccccc1N=Cc1cc(Br)c(Sc2ccc(Cl)cc2)o1. The first-order chi connectivity index (χ1) is 11.1. The fourth-order valence-electron chi connectivity index (χ4n) is 1.82. The molecule has 0 amide bonds. The van der Waals surface area contributed by atoms with Crippen LogP contribution in [0, 0.1) is 0 Å². The number of furan rings is 1. The van der Waals surface area contributed by atoms with Crippen LogP contribution in [0.25, 0.3) is 0 Å². The second kappa shape index (κ2) is 7.25. The minimum Gasteiger partial charge on any atom is -0.506 e. The molecule has 23 heavy (non-hydrogen) atoms. The lowest BCUT2D eigenvalue weighted by Crippen LogP contribution is -1.75. The van der Waals surface area contributed by atoms with E-state index in [1.165, 1.54) is 11.8 Å². The van der Waals surface area contributed by atoms with Crippen LogP contribution in [0.1, 0.15) is 5.76 Å². The molecule has 6 heteroatoms. The van der Waals surface area contributed by atoms with Crippen molar-refractivity contribution in [2.24, 2.45) is 4.99 Å². The summed E-state index contributed by atoms with van der Waals surface area (Å²) in [5, 5.41) is 11.1. The van der Waals surface area contributed by atoms with Crippen LogP contribution in [0.15, 0.2) is 78.5 Å². The Morgan fingerprint density at radius 1 is 1.13 bits per heavy atom. The first kappa shape index (κ1) is 16.2. The van der Waals surface area contributed by atoms with Crippen LogP contribution in [-0.4, -0.2) is 11.3 Å². The number of aromatic hydroxyl groups is 1. The third-order valence-corrected chi connectivity index (χ3v) is 5.01. The van der Waals surface area contributed by atoms with Gasteiger partial charge in [0.15, 0.2) is 5.09 Å². The molecule has 0 aliphatic rings. The summed E-state index contributed by atoms with van der Waals surface area (Å²) in [7, 11) is 0. The van der Waals surface area contributed by atoms with Crippen LogP contribution in [0.5, 0.6) is 5.75 Å². The number of aliphatic imine (C=N–C) groups is 1. The topological polar surface area (TPSA) is 45.7 Å². The second-order valence-electron chi connectivity index (χ2n) is 4.59. The van der Waals surface area contributed by atoms with Gasteiger partial charge in [-0.3, -0.25) is 0 Å². The molecule has 0 atom stereocenters. The zero-order valence-corrected chi connectivity index (χ0v) is 14.9. The summed E-state index contributed by atoms with van der Waals surface area (Å²) >= 11 is 10.8. The van der Waals surface area contributed by atoms with Crippen LogP contribution in [0.4, 0.5) is 5.69 Å². The summed E-state index contributed by atoms with van der Waals surface area (Å²) in [6.07, 6.45) is 1.58. The van der Waals surface area contributed by atoms with Gasteiger partial charge in [-0.25, -0.2) is 4.99 Å². The zero-order chi connectivity index (χ0) is 16.2. The van der Waals surface area contributed by atoms with E-state index in [1.54, 1.807) is 24.4 Å². The molecule has 116 valence electrons. The monoisotopic (exact) mass is 407 g/mol.